The van der Waals surface area contributed by atoms with Crippen LogP contribution in [0.5, 0.6) is 0 Å². The minimum absolute atomic E-state index is 0.271. The lowest BCUT2D eigenvalue weighted by molar-refractivity contribution is 0.0152. The van der Waals surface area contributed by atoms with Crippen LogP contribution in [0.1, 0.15) is 19.8 Å². The summed E-state index contributed by atoms with van der Waals surface area (Å²) in [6.07, 6.45) is 2.19. The molecule has 1 aliphatic rings. The van der Waals surface area contributed by atoms with Crippen LogP contribution >= 0.6 is 0 Å². The third-order valence-corrected chi connectivity index (χ3v) is 3.52. The zero-order chi connectivity index (χ0) is 13.8. The van der Waals surface area contributed by atoms with Crippen molar-refractivity contribution in [3.05, 3.63) is 0 Å². The predicted octanol–water partition coefficient (Wildman–Crippen LogP) is 1.07. The molecule has 0 aromatic carbocycles. The van der Waals surface area contributed by atoms with Gasteiger partial charge in [-0.2, -0.15) is 0 Å². The fourth-order valence-electron chi connectivity index (χ4n) is 2.22. The second-order valence-corrected chi connectivity index (χ2v) is 5.05. The van der Waals surface area contributed by atoms with Crippen LogP contribution in [0.3, 0.4) is 0 Å². The van der Waals surface area contributed by atoms with Gasteiger partial charge in [-0.05, 0) is 19.4 Å². The van der Waals surface area contributed by atoms with Crippen LogP contribution in [0, 0.1) is 5.41 Å². The molecule has 0 bridgehead atoms. The van der Waals surface area contributed by atoms with Crippen molar-refractivity contribution in [2.75, 3.05) is 66.4 Å². The Morgan fingerprint density at radius 3 is 2.47 bits per heavy atom. The lowest BCUT2D eigenvalue weighted by Crippen LogP contribution is -2.36. The van der Waals surface area contributed by atoms with Crippen LogP contribution in [-0.2, 0) is 18.9 Å². The summed E-state index contributed by atoms with van der Waals surface area (Å²) in [5.41, 5.74) is 0.271. The van der Waals surface area contributed by atoms with E-state index in [-0.39, 0.29) is 5.41 Å². The molecule has 0 aromatic heterocycles. The van der Waals surface area contributed by atoms with Crippen LogP contribution in [-0.4, -0.2) is 66.4 Å². The minimum atomic E-state index is 0.271. The zero-order valence-corrected chi connectivity index (χ0v) is 12.4. The van der Waals surface area contributed by atoms with E-state index in [1.165, 1.54) is 0 Å². The molecule has 19 heavy (non-hydrogen) atoms. The van der Waals surface area contributed by atoms with Crippen molar-refractivity contribution in [2.24, 2.45) is 5.41 Å². The second-order valence-electron chi connectivity index (χ2n) is 5.05. The third kappa shape index (κ3) is 7.22. The number of hydrogen-bond donors (Lipinski definition) is 1. The van der Waals surface area contributed by atoms with Gasteiger partial charge in [-0.3, -0.25) is 0 Å². The largest absolute Gasteiger partial charge is 0.382 e. The molecule has 1 N–H and O–H groups in total. The Kier molecular flexibility index (Phi) is 9.38. The standard InChI is InChI=1S/C14H29NO4/c1-3-15-12-14(5-7-19-13-14)4-6-17-10-11-18-9-8-16-2/h15H,3-13H2,1-2H3. The van der Waals surface area contributed by atoms with Gasteiger partial charge in [0.2, 0.25) is 0 Å². The van der Waals surface area contributed by atoms with E-state index in [1.807, 2.05) is 0 Å². The highest BCUT2D eigenvalue weighted by atomic mass is 16.5. The molecule has 0 radical (unpaired) electrons. The molecule has 1 atom stereocenters. The van der Waals surface area contributed by atoms with Crippen LogP contribution in [0.25, 0.3) is 0 Å². The summed E-state index contributed by atoms with van der Waals surface area (Å²) in [4.78, 5) is 0. The van der Waals surface area contributed by atoms with E-state index < -0.39 is 0 Å². The average molecular weight is 275 g/mol. The van der Waals surface area contributed by atoms with Crippen LogP contribution < -0.4 is 5.32 Å². The molecular formula is C14H29NO4. The Bertz CT molecular complexity index is 208. The second kappa shape index (κ2) is 10.6. The molecule has 0 spiro atoms. The molecule has 1 fully saturated rings. The van der Waals surface area contributed by atoms with Crippen molar-refractivity contribution >= 4 is 0 Å². The molecule has 0 saturated carbocycles. The van der Waals surface area contributed by atoms with Crippen molar-refractivity contribution in [1.29, 1.82) is 0 Å². The molecule has 0 aliphatic carbocycles. The Morgan fingerprint density at radius 2 is 1.84 bits per heavy atom. The molecule has 1 aliphatic heterocycles. The maximum Gasteiger partial charge on any atom is 0.0701 e. The van der Waals surface area contributed by atoms with E-state index in [0.29, 0.717) is 26.4 Å². The first kappa shape index (κ1) is 16.9. The zero-order valence-electron chi connectivity index (χ0n) is 12.4. The molecule has 1 heterocycles. The Labute approximate surface area is 116 Å². The normalized spacial score (nSPS) is 23.1. The van der Waals surface area contributed by atoms with E-state index >= 15 is 0 Å². The van der Waals surface area contributed by atoms with Crippen LogP contribution in [0.4, 0.5) is 0 Å². The van der Waals surface area contributed by atoms with Gasteiger partial charge in [-0.25, -0.2) is 0 Å². The molecule has 0 amide bonds. The molecule has 1 rings (SSSR count). The van der Waals surface area contributed by atoms with Gasteiger partial charge >= 0.3 is 0 Å². The highest BCUT2D eigenvalue weighted by Crippen LogP contribution is 2.31. The molecule has 5 heteroatoms. The average Bonchev–Trinajstić information content (AvgIpc) is 2.89. The summed E-state index contributed by atoms with van der Waals surface area (Å²) in [5, 5.41) is 3.43. The summed E-state index contributed by atoms with van der Waals surface area (Å²) in [6.45, 7) is 9.26. The maximum absolute atomic E-state index is 5.63. The van der Waals surface area contributed by atoms with Gasteiger partial charge in [-0.1, -0.05) is 6.92 Å². The Morgan fingerprint density at radius 1 is 1.11 bits per heavy atom. The predicted molar refractivity (Wildman–Crippen MR) is 74.5 cm³/mol. The molecule has 114 valence electrons. The van der Waals surface area contributed by atoms with E-state index in [1.54, 1.807) is 7.11 Å². The number of ether oxygens (including phenoxy) is 4. The van der Waals surface area contributed by atoms with Crippen LogP contribution in [0.2, 0.25) is 0 Å². The minimum Gasteiger partial charge on any atom is -0.382 e. The van der Waals surface area contributed by atoms with Gasteiger partial charge < -0.3 is 24.3 Å². The topological polar surface area (TPSA) is 49.0 Å². The van der Waals surface area contributed by atoms with Crippen molar-refractivity contribution in [1.82, 2.24) is 5.32 Å². The summed E-state index contributed by atoms with van der Waals surface area (Å²) in [7, 11) is 1.67. The van der Waals surface area contributed by atoms with E-state index in [2.05, 4.69) is 12.2 Å². The fourth-order valence-corrected chi connectivity index (χ4v) is 2.22. The first-order valence-corrected chi connectivity index (χ1v) is 7.26. The Hall–Kier alpha value is -0.200. The van der Waals surface area contributed by atoms with Crippen LogP contribution in [0.15, 0.2) is 0 Å². The van der Waals surface area contributed by atoms with Crippen molar-refractivity contribution in [2.45, 2.75) is 19.8 Å². The van der Waals surface area contributed by atoms with Gasteiger partial charge in [0.25, 0.3) is 0 Å². The number of hydrogen-bond acceptors (Lipinski definition) is 5. The molecular weight excluding hydrogens is 246 g/mol. The SMILES string of the molecule is CCNCC1(CCOCCOCCOC)CCOC1. The lowest BCUT2D eigenvalue weighted by atomic mass is 9.84. The van der Waals surface area contributed by atoms with Crippen molar-refractivity contribution in [3.8, 4) is 0 Å². The first-order valence-electron chi connectivity index (χ1n) is 7.26. The summed E-state index contributed by atoms with van der Waals surface area (Å²) in [6, 6.07) is 0. The first-order chi connectivity index (χ1) is 9.33. The maximum atomic E-state index is 5.63. The smallest absolute Gasteiger partial charge is 0.0701 e. The van der Waals surface area contributed by atoms with Gasteiger partial charge in [0.1, 0.15) is 0 Å². The van der Waals surface area contributed by atoms with Gasteiger partial charge in [0.05, 0.1) is 33.0 Å². The van der Waals surface area contributed by atoms with Crippen molar-refractivity contribution < 1.29 is 18.9 Å². The van der Waals surface area contributed by atoms with E-state index in [0.717, 1.165) is 45.8 Å². The highest BCUT2D eigenvalue weighted by molar-refractivity contribution is 4.85. The third-order valence-electron chi connectivity index (χ3n) is 3.52. The highest BCUT2D eigenvalue weighted by Gasteiger charge is 2.33. The summed E-state index contributed by atoms with van der Waals surface area (Å²) >= 11 is 0. The number of rotatable bonds is 12. The summed E-state index contributed by atoms with van der Waals surface area (Å²) in [5.74, 6) is 0. The van der Waals surface area contributed by atoms with Gasteiger partial charge in [0, 0.05) is 32.3 Å². The monoisotopic (exact) mass is 275 g/mol. The number of methoxy groups -OCH3 is 1. The molecule has 0 aromatic rings. The summed E-state index contributed by atoms with van der Waals surface area (Å²) < 4.78 is 21.4. The van der Waals surface area contributed by atoms with Gasteiger partial charge in [0.15, 0.2) is 0 Å². The van der Waals surface area contributed by atoms with E-state index in [4.69, 9.17) is 18.9 Å². The lowest BCUT2D eigenvalue weighted by Gasteiger charge is -2.27. The molecule has 1 saturated heterocycles. The van der Waals surface area contributed by atoms with Gasteiger partial charge in [-0.15, -0.1) is 0 Å². The number of nitrogens with one attached hydrogen (secondary N) is 1. The van der Waals surface area contributed by atoms with Crippen molar-refractivity contribution in [3.63, 3.8) is 0 Å². The molecule has 1 unspecified atom stereocenters. The Balaban J connectivity index is 2.02. The molecule has 5 nitrogen and oxygen atoms in total. The van der Waals surface area contributed by atoms with E-state index in [9.17, 15) is 0 Å². The quantitative estimate of drug-likeness (QED) is 0.540. The fraction of sp³-hybridized carbons (Fsp3) is 1.00.